The van der Waals surface area contributed by atoms with E-state index in [1.165, 1.54) is 11.8 Å². The van der Waals surface area contributed by atoms with Crippen LogP contribution in [0.25, 0.3) is 10.9 Å². The molecule has 5 nitrogen and oxygen atoms in total. The average molecular weight is 374 g/mol. The number of rotatable bonds is 7. The van der Waals surface area contributed by atoms with Gasteiger partial charge in [0.15, 0.2) is 5.16 Å². The molecular formula is C21H18N4OS. The van der Waals surface area contributed by atoms with Crippen LogP contribution >= 0.6 is 11.8 Å². The molecule has 0 aliphatic rings. The molecule has 0 amide bonds. The number of nitrogens with zero attached hydrogens (tertiary/aromatic N) is 4. The van der Waals surface area contributed by atoms with Crippen molar-refractivity contribution in [1.29, 1.82) is 10.5 Å². The lowest BCUT2D eigenvalue weighted by Crippen LogP contribution is -2.24. The summed E-state index contributed by atoms with van der Waals surface area (Å²) in [5, 5.41) is 19.2. The average Bonchev–Trinajstić information content (AvgIpc) is 2.71. The first-order valence-electron chi connectivity index (χ1n) is 8.66. The third-order valence-corrected chi connectivity index (χ3v) is 5.35. The molecule has 0 aliphatic carbocycles. The van der Waals surface area contributed by atoms with Crippen molar-refractivity contribution in [3.8, 4) is 12.1 Å². The zero-order valence-electron chi connectivity index (χ0n) is 14.7. The van der Waals surface area contributed by atoms with Gasteiger partial charge in [0.1, 0.15) is 0 Å². The van der Waals surface area contributed by atoms with Crippen molar-refractivity contribution in [2.24, 2.45) is 5.92 Å². The van der Waals surface area contributed by atoms with E-state index < -0.39 is 0 Å². The van der Waals surface area contributed by atoms with Gasteiger partial charge in [0.2, 0.25) is 0 Å². The largest absolute Gasteiger partial charge is 0.283 e. The van der Waals surface area contributed by atoms with Crippen molar-refractivity contribution >= 4 is 22.7 Å². The first kappa shape index (κ1) is 18.7. The zero-order chi connectivity index (χ0) is 19.1. The standard InChI is InChI=1S/C21H18N4OS/c22-12-6-9-17(13-23)15-27-21-24-19-11-5-4-10-18(19)20(26)25(21)14-16-7-2-1-3-8-16/h1-5,7-8,10-11,17H,6,9,14-15H2/t17-/m0/s1. The van der Waals surface area contributed by atoms with Crippen LogP contribution in [0.15, 0.2) is 64.5 Å². The summed E-state index contributed by atoms with van der Waals surface area (Å²) in [4.78, 5) is 17.7. The lowest BCUT2D eigenvalue weighted by Gasteiger charge is -2.14. The van der Waals surface area contributed by atoms with Crippen LogP contribution in [0.4, 0.5) is 0 Å². The summed E-state index contributed by atoms with van der Waals surface area (Å²) < 4.78 is 1.67. The van der Waals surface area contributed by atoms with Crippen LogP contribution in [0.2, 0.25) is 0 Å². The Morgan fingerprint density at radius 2 is 1.81 bits per heavy atom. The quantitative estimate of drug-likeness (QED) is 0.461. The normalized spacial score (nSPS) is 11.6. The molecule has 0 bridgehead atoms. The Bertz CT molecular complexity index is 1060. The van der Waals surface area contributed by atoms with Gasteiger partial charge in [0.25, 0.3) is 5.56 Å². The molecule has 0 spiro atoms. The summed E-state index contributed by atoms with van der Waals surface area (Å²) in [7, 11) is 0. The molecule has 0 unspecified atom stereocenters. The van der Waals surface area contributed by atoms with E-state index in [9.17, 15) is 10.1 Å². The molecule has 2 aromatic carbocycles. The van der Waals surface area contributed by atoms with Gasteiger partial charge in [-0.1, -0.05) is 54.2 Å². The maximum atomic E-state index is 13.0. The molecule has 27 heavy (non-hydrogen) atoms. The van der Waals surface area contributed by atoms with Crippen molar-refractivity contribution < 1.29 is 0 Å². The summed E-state index contributed by atoms with van der Waals surface area (Å²) in [6.45, 7) is 0.426. The Kier molecular flexibility index (Phi) is 6.25. The fourth-order valence-electron chi connectivity index (χ4n) is 2.76. The first-order valence-corrected chi connectivity index (χ1v) is 9.64. The predicted molar refractivity (Wildman–Crippen MR) is 106 cm³/mol. The lowest BCUT2D eigenvalue weighted by atomic mass is 10.1. The lowest BCUT2D eigenvalue weighted by molar-refractivity contribution is 0.650. The highest BCUT2D eigenvalue weighted by molar-refractivity contribution is 7.99. The summed E-state index contributed by atoms with van der Waals surface area (Å²) in [6.07, 6.45) is 0.872. The van der Waals surface area contributed by atoms with Crippen LogP contribution in [0.1, 0.15) is 18.4 Å². The van der Waals surface area contributed by atoms with Crippen LogP contribution < -0.4 is 5.56 Å². The molecule has 134 valence electrons. The van der Waals surface area contributed by atoms with Crippen molar-refractivity contribution in [2.75, 3.05) is 5.75 Å². The van der Waals surface area contributed by atoms with E-state index >= 15 is 0 Å². The molecule has 0 fully saturated rings. The monoisotopic (exact) mass is 374 g/mol. The highest BCUT2D eigenvalue weighted by atomic mass is 32.2. The van der Waals surface area contributed by atoms with Gasteiger partial charge in [-0.3, -0.25) is 9.36 Å². The molecule has 1 heterocycles. The van der Waals surface area contributed by atoms with E-state index in [-0.39, 0.29) is 11.5 Å². The molecule has 1 aromatic heterocycles. The van der Waals surface area contributed by atoms with Gasteiger partial charge in [0, 0.05) is 12.2 Å². The number of aromatic nitrogens is 2. The minimum Gasteiger partial charge on any atom is -0.283 e. The molecule has 0 aliphatic heterocycles. The fraction of sp³-hybridized carbons (Fsp3) is 0.238. The highest BCUT2D eigenvalue weighted by Gasteiger charge is 2.15. The van der Waals surface area contributed by atoms with Gasteiger partial charge in [-0.25, -0.2) is 4.98 Å². The van der Waals surface area contributed by atoms with Gasteiger partial charge in [-0.15, -0.1) is 0 Å². The van der Waals surface area contributed by atoms with Crippen molar-refractivity contribution in [3.05, 3.63) is 70.5 Å². The van der Waals surface area contributed by atoms with Crippen LogP contribution in [0.3, 0.4) is 0 Å². The van der Waals surface area contributed by atoms with Gasteiger partial charge in [0.05, 0.1) is 35.5 Å². The number of benzene rings is 2. The number of nitriles is 2. The van der Waals surface area contributed by atoms with E-state index in [1.807, 2.05) is 48.5 Å². The molecule has 0 N–H and O–H groups in total. The molecule has 6 heteroatoms. The van der Waals surface area contributed by atoms with Crippen molar-refractivity contribution in [1.82, 2.24) is 9.55 Å². The van der Waals surface area contributed by atoms with Crippen LogP contribution in [-0.2, 0) is 6.54 Å². The number of fused-ring (bicyclic) bond motifs is 1. The molecule has 1 atom stereocenters. The molecule has 3 rings (SSSR count). The van der Waals surface area contributed by atoms with Crippen LogP contribution in [-0.4, -0.2) is 15.3 Å². The van der Waals surface area contributed by atoms with E-state index in [0.29, 0.717) is 41.2 Å². The number of thioether (sulfide) groups is 1. The molecular weight excluding hydrogens is 356 g/mol. The minimum absolute atomic E-state index is 0.0857. The van der Waals surface area contributed by atoms with Gasteiger partial charge in [-0.05, 0) is 24.1 Å². The third kappa shape index (κ3) is 4.55. The summed E-state index contributed by atoms with van der Waals surface area (Å²) in [6, 6.07) is 21.4. The topological polar surface area (TPSA) is 82.5 Å². The second-order valence-electron chi connectivity index (χ2n) is 6.12. The smallest absolute Gasteiger partial charge is 0.262 e. The van der Waals surface area contributed by atoms with Gasteiger partial charge < -0.3 is 0 Å². The SMILES string of the molecule is N#CCC[C@@H](C#N)CSc1nc2ccccc2c(=O)n1Cc1ccccc1. The Labute approximate surface area is 161 Å². The molecule has 0 radical (unpaired) electrons. The molecule has 3 aromatic rings. The zero-order valence-corrected chi connectivity index (χ0v) is 15.5. The van der Waals surface area contributed by atoms with E-state index in [2.05, 4.69) is 17.1 Å². The molecule has 0 saturated heterocycles. The third-order valence-electron chi connectivity index (χ3n) is 4.21. The Balaban J connectivity index is 1.97. The summed E-state index contributed by atoms with van der Waals surface area (Å²) in [5.74, 6) is 0.251. The maximum Gasteiger partial charge on any atom is 0.262 e. The van der Waals surface area contributed by atoms with Crippen molar-refractivity contribution in [2.45, 2.75) is 24.5 Å². The Morgan fingerprint density at radius 3 is 2.56 bits per heavy atom. The van der Waals surface area contributed by atoms with E-state index in [0.717, 1.165) is 5.56 Å². The first-order chi connectivity index (χ1) is 13.2. The predicted octanol–water partition coefficient (Wildman–Crippen LogP) is 3.98. The Morgan fingerprint density at radius 1 is 1.07 bits per heavy atom. The molecule has 0 saturated carbocycles. The summed E-state index contributed by atoms with van der Waals surface area (Å²) >= 11 is 1.40. The number of hydrogen-bond donors (Lipinski definition) is 0. The number of para-hydroxylation sites is 1. The van der Waals surface area contributed by atoms with E-state index in [4.69, 9.17) is 5.26 Å². The van der Waals surface area contributed by atoms with Crippen LogP contribution in [0, 0.1) is 28.6 Å². The Hall–Kier alpha value is -3.09. The second-order valence-corrected chi connectivity index (χ2v) is 7.11. The number of hydrogen-bond acceptors (Lipinski definition) is 5. The van der Waals surface area contributed by atoms with Crippen LogP contribution in [0.5, 0.6) is 0 Å². The summed E-state index contributed by atoms with van der Waals surface area (Å²) in [5.41, 5.74) is 1.58. The fourth-order valence-corrected chi connectivity index (χ4v) is 3.82. The minimum atomic E-state index is -0.247. The van der Waals surface area contributed by atoms with Gasteiger partial charge >= 0.3 is 0 Å². The van der Waals surface area contributed by atoms with Crippen molar-refractivity contribution in [3.63, 3.8) is 0 Å². The van der Waals surface area contributed by atoms with E-state index in [1.54, 1.807) is 10.6 Å². The van der Waals surface area contributed by atoms with Gasteiger partial charge in [-0.2, -0.15) is 10.5 Å². The maximum absolute atomic E-state index is 13.0. The second kappa shape index (κ2) is 9.02. The highest BCUT2D eigenvalue weighted by Crippen LogP contribution is 2.23.